The van der Waals surface area contributed by atoms with Gasteiger partial charge in [0.25, 0.3) is 0 Å². The number of guanidine groups is 1. The molecule has 166 valence electrons. The summed E-state index contributed by atoms with van der Waals surface area (Å²) in [7, 11) is 3.43. The second-order valence-corrected chi connectivity index (χ2v) is 7.41. The minimum atomic E-state index is -0.256. The van der Waals surface area contributed by atoms with E-state index in [1.54, 1.807) is 20.2 Å². The van der Waals surface area contributed by atoms with Gasteiger partial charge in [-0.15, -0.1) is 24.0 Å². The van der Waals surface area contributed by atoms with Crippen molar-refractivity contribution in [1.82, 2.24) is 20.5 Å². The smallest absolute Gasteiger partial charge is 0.243 e. The highest BCUT2D eigenvalue weighted by atomic mass is 127. The lowest BCUT2D eigenvalue weighted by Crippen LogP contribution is -2.40. The molecule has 31 heavy (non-hydrogen) atoms. The number of aromatic nitrogens is 1. The predicted octanol–water partition coefficient (Wildman–Crippen LogP) is 3.85. The molecule has 3 N–H and O–H groups in total. The first-order chi connectivity index (χ1) is 14.4. The van der Waals surface area contributed by atoms with Gasteiger partial charge in [0, 0.05) is 37.7 Å². The molecule has 2 aromatic carbocycles. The number of H-pyrrole nitrogens is 1. The Hall–Kier alpha value is -2.62. The first kappa shape index (κ1) is 24.6. The van der Waals surface area contributed by atoms with Crippen LogP contribution in [0.5, 0.6) is 0 Å². The van der Waals surface area contributed by atoms with Crippen LogP contribution in [0.15, 0.2) is 59.7 Å². The Labute approximate surface area is 199 Å². The number of benzene rings is 2. The molecule has 0 spiro atoms. The predicted molar refractivity (Wildman–Crippen MR) is 134 cm³/mol. The Balaban J connectivity index is 0.00000341. The molecule has 1 amide bonds. The summed E-state index contributed by atoms with van der Waals surface area (Å²) < 4.78 is 13.4. The molecular formula is C23H29FIN5O. The number of hydrogen-bond donors (Lipinski definition) is 3. The third-order valence-corrected chi connectivity index (χ3v) is 4.94. The van der Waals surface area contributed by atoms with Crippen LogP contribution in [0.4, 0.5) is 4.39 Å². The summed E-state index contributed by atoms with van der Waals surface area (Å²) in [5.41, 5.74) is 3.01. The molecule has 0 bridgehead atoms. The van der Waals surface area contributed by atoms with E-state index in [2.05, 4.69) is 27.5 Å². The van der Waals surface area contributed by atoms with E-state index in [0.29, 0.717) is 12.5 Å². The van der Waals surface area contributed by atoms with E-state index >= 15 is 0 Å². The van der Waals surface area contributed by atoms with Crippen molar-refractivity contribution in [1.29, 1.82) is 0 Å². The maximum absolute atomic E-state index is 13.4. The number of aromatic amines is 1. The molecule has 0 aliphatic heterocycles. The Morgan fingerprint density at radius 1 is 1.19 bits per heavy atom. The number of amides is 1. The zero-order chi connectivity index (χ0) is 21.5. The number of halogens is 2. The summed E-state index contributed by atoms with van der Waals surface area (Å²) in [6.07, 6.45) is 2.63. The first-order valence-electron chi connectivity index (χ1n) is 9.99. The molecule has 8 heteroatoms. The zero-order valence-corrected chi connectivity index (χ0v) is 20.3. The number of nitrogens with zero attached hydrogens (tertiary/aromatic N) is 2. The van der Waals surface area contributed by atoms with E-state index in [1.165, 1.54) is 17.0 Å². The molecule has 3 aromatic rings. The van der Waals surface area contributed by atoms with Gasteiger partial charge in [-0.3, -0.25) is 4.79 Å². The van der Waals surface area contributed by atoms with Crippen LogP contribution >= 0.6 is 24.0 Å². The van der Waals surface area contributed by atoms with E-state index in [-0.39, 0.29) is 48.3 Å². The van der Waals surface area contributed by atoms with Gasteiger partial charge in [0.15, 0.2) is 5.96 Å². The van der Waals surface area contributed by atoms with Crippen LogP contribution in [0.2, 0.25) is 0 Å². The Kier molecular flexibility index (Phi) is 9.29. The molecule has 1 heterocycles. The van der Waals surface area contributed by atoms with Gasteiger partial charge in [-0.2, -0.15) is 0 Å². The van der Waals surface area contributed by atoms with E-state index in [9.17, 15) is 9.18 Å². The van der Waals surface area contributed by atoms with Gasteiger partial charge in [0.1, 0.15) is 12.4 Å². The van der Waals surface area contributed by atoms with Gasteiger partial charge >= 0.3 is 0 Å². The van der Waals surface area contributed by atoms with Crippen molar-refractivity contribution in [2.45, 2.75) is 19.4 Å². The first-order valence-corrected chi connectivity index (χ1v) is 9.99. The highest BCUT2D eigenvalue weighted by molar-refractivity contribution is 14.0. The lowest BCUT2D eigenvalue weighted by atomic mass is 10.1. The van der Waals surface area contributed by atoms with Gasteiger partial charge < -0.3 is 20.5 Å². The number of hydrogen-bond acceptors (Lipinski definition) is 2. The second-order valence-electron chi connectivity index (χ2n) is 7.41. The van der Waals surface area contributed by atoms with Crippen LogP contribution in [-0.4, -0.2) is 48.9 Å². The molecule has 0 aliphatic rings. The summed E-state index contributed by atoms with van der Waals surface area (Å²) in [5.74, 6) is 0.252. The molecule has 1 atom stereocenters. The van der Waals surface area contributed by atoms with E-state index in [4.69, 9.17) is 0 Å². The van der Waals surface area contributed by atoms with Crippen LogP contribution in [-0.2, 0) is 11.2 Å². The van der Waals surface area contributed by atoms with Crippen LogP contribution in [0.25, 0.3) is 10.9 Å². The van der Waals surface area contributed by atoms with Crippen LogP contribution in [0, 0.1) is 5.82 Å². The Morgan fingerprint density at radius 3 is 2.65 bits per heavy atom. The van der Waals surface area contributed by atoms with Crippen LogP contribution in [0.3, 0.4) is 0 Å². The molecule has 0 saturated carbocycles. The minimum absolute atomic E-state index is 0. The van der Waals surface area contributed by atoms with Crippen molar-refractivity contribution in [2.75, 3.05) is 27.2 Å². The summed E-state index contributed by atoms with van der Waals surface area (Å²) in [6, 6.07) is 14.8. The molecule has 1 aromatic heterocycles. The molecule has 0 fully saturated rings. The number of aliphatic imine (C=N–C) groups is 1. The number of carbonyl (C=O) groups excluding carboxylic acids is 1. The monoisotopic (exact) mass is 537 g/mol. The number of carbonyl (C=O) groups is 1. The van der Waals surface area contributed by atoms with Gasteiger partial charge in [-0.05, 0) is 42.7 Å². The molecular weight excluding hydrogens is 508 g/mol. The average Bonchev–Trinajstić information content (AvgIpc) is 3.13. The highest BCUT2D eigenvalue weighted by Gasteiger charge is 2.10. The van der Waals surface area contributed by atoms with Crippen molar-refractivity contribution < 1.29 is 9.18 Å². The number of fused-ring (bicyclic) bond motifs is 1. The summed E-state index contributed by atoms with van der Waals surface area (Å²) in [4.78, 5) is 21.0. The van der Waals surface area contributed by atoms with Crippen molar-refractivity contribution in [3.63, 3.8) is 0 Å². The largest absolute Gasteiger partial charge is 0.361 e. The van der Waals surface area contributed by atoms with E-state index < -0.39 is 0 Å². The zero-order valence-electron chi connectivity index (χ0n) is 18.0. The Morgan fingerprint density at radius 2 is 1.94 bits per heavy atom. The summed E-state index contributed by atoms with van der Waals surface area (Å²) >= 11 is 0. The number of nitrogens with one attached hydrogen (secondary N) is 3. The van der Waals surface area contributed by atoms with Gasteiger partial charge in [0.2, 0.25) is 5.91 Å². The van der Waals surface area contributed by atoms with E-state index in [0.717, 1.165) is 28.5 Å². The molecule has 0 radical (unpaired) electrons. The fourth-order valence-corrected chi connectivity index (χ4v) is 3.15. The van der Waals surface area contributed by atoms with Gasteiger partial charge in [-0.1, -0.05) is 30.3 Å². The normalized spacial score (nSPS) is 12.2. The van der Waals surface area contributed by atoms with Crippen LogP contribution in [0.1, 0.15) is 24.1 Å². The molecule has 6 nitrogen and oxygen atoms in total. The second kappa shape index (κ2) is 11.7. The van der Waals surface area contributed by atoms with Gasteiger partial charge in [-0.25, -0.2) is 9.38 Å². The Bertz CT molecular complexity index is 1020. The summed E-state index contributed by atoms with van der Waals surface area (Å²) in [6.45, 7) is 2.73. The molecule has 0 aliphatic carbocycles. The SMILES string of the molecule is CC(NC(=NCC(=O)N(C)C)NCCc1c[nH]c2cc(F)ccc12)c1ccccc1.I. The van der Waals surface area contributed by atoms with E-state index in [1.807, 2.05) is 36.5 Å². The van der Waals surface area contributed by atoms with Crippen molar-refractivity contribution in [3.8, 4) is 0 Å². The molecule has 0 saturated heterocycles. The quantitative estimate of drug-likeness (QED) is 0.244. The van der Waals surface area contributed by atoms with Gasteiger partial charge in [0.05, 0.1) is 6.04 Å². The lowest BCUT2D eigenvalue weighted by Gasteiger charge is -2.19. The van der Waals surface area contributed by atoms with Crippen molar-refractivity contribution >= 4 is 46.7 Å². The average molecular weight is 537 g/mol. The standard InChI is InChI=1S/C23H28FN5O.HI/c1-16(17-7-5-4-6-8-17)28-23(27-15-22(30)29(2)3)25-12-11-18-14-26-21-13-19(24)9-10-20(18)21;/h4-10,13-14,16,26H,11-12,15H2,1-3H3,(H2,25,27,28);1H. The van der Waals surface area contributed by atoms with Crippen LogP contribution < -0.4 is 10.6 Å². The lowest BCUT2D eigenvalue weighted by molar-refractivity contribution is -0.127. The van der Waals surface area contributed by atoms with Crippen molar-refractivity contribution in [3.05, 3.63) is 71.7 Å². The van der Waals surface area contributed by atoms with Crippen molar-refractivity contribution in [2.24, 2.45) is 4.99 Å². The summed E-state index contributed by atoms with van der Waals surface area (Å²) in [5, 5.41) is 7.68. The third-order valence-electron chi connectivity index (χ3n) is 4.94. The topological polar surface area (TPSA) is 72.5 Å². The number of likely N-dealkylation sites (N-methyl/N-ethyl adjacent to an activating group) is 1. The maximum atomic E-state index is 13.4. The third kappa shape index (κ3) is 6.95. The molecule has 3 rings (SSSR count). The minimum Gasteiger partial charge on any atom is -0.361 e. The highest BCUT2D eigenvalue weighted by Crippen LogP contribution is 2.19. The molecule has 1 unspecified atom stereocenters. The maximum Gasteiger partial charge on any atom is 0.243 e. The fraction of sp³-hybridized carbons (Fsp3) is 0.304. The fourth-order valence-electron chi connectivity index (χ4n) is 3.15. The number of rotatable bonds is 7.